The van der Waals surface area contributed by atoms with Crippen molar-refractivity contribution in [2.24, 2.45) is 0 Å². The largest absolute Gasteiger partial charge is 0.361 e. The summed E-state index contributed by atoms with van der Waals surface area (Å²) < 4.78 is 0. The number of halogens is 3. The molecule has 0 aromatic heterocycles. The molecule has 0 spiro atoms. The summed E-state index contributed by atoms with van der Waals surface area (Å²) in [6, 6.07) is 10.3. The van der Waals surface area contributed by atoms with Crippen molar-refractivity contribution in [1.29, 1.82) is 5.26 Å². The normalized spacial score (nSPS) is 26.7. The van der Waals surface area contributed by atoms with Crippen LogP contribution in [0.2, 0.25) is 0 Å². The number of allylic oxidation sites excluding steroid dienone is 5. The Balaban J connectivity index is 1.48. The SMILES string of the molecule is N#Cc1ccc(CCN2CCN(C3=CCC(Cl)C=C3Cl)[C@H](C3=CCC(Cl)C=C3)C2)cc1. The van der Waals surface area contributed by atoms with E-state index in [1.165, 1.54) is 11.1 Å². The molecule has 2 aliphatic carbocycles. The Bertz CT molecular complexity index is 955. The molecule has 1 aliphatic heterocycles. The van der Waals surface area contributed by atoms with Gasteiger partial charge in [-0.2, -0.15) is 5.26 Å². The molecule has 1 aromatic carbocycles. The van der Waals surface area contributed by atoms with E-state index in [2.05, 4.69) is 52.3 Å². The maximum Gasteiger partial charge on any atom is 0.0991 e. The minimum Gasteiger partial charge on any atom is -0.361 e. The van der Waals surface area contributed by atoms with E-state index in [-0.39, 0.29) is 16.8 Å². The van der Waals surface area contributed by atoms with E-state index in [4.69, 9.17) is 40.1 Å². The summed E-state index contributed by atoms with van der Waals surface area (Å²) in [5.41, 5.74) is 4.36. The van der Waals surface area contributed by atoms with Gasteiger partial charge in [0.1, 0.15) is 0 Å². The lowest BCUT2D eigenvalue weighted by atomic mass is 9.95. The predicted octanol–water partition coefficient (Wildman–Crippen LogP) is 5.60. The Morgan fingerprint density at radius 1 is 1.03 bits per heavy atom. The smallest absolute Gasteiger partial charge is 0.0991 e. The highest BCUT2D eigenvalue weighted by molar-refractivity contribution is 6.33. The first-order chi connectivity index (χ1) is 15.0. The van der Waals surface area contributed by atoms with E-state index in [9.17, 15) is 0 Å². The third-order valence-corrected chi connectivity index (χ3v) is 7.09. The number of rotatable bonds is 5. The number of hydrogen-bond donors (Lipinski definition) is 0. The predicted molar refractivity (Wildman–Crippen MR) is 130 cm³/mol. The molecule has 1 saturated heterocycles. The van der Waals surface area contributed by atoms with Crippen molar-refractivity contribution in [3.63, 3.8) is 0 Å². The van der Waals surface area contributed by atoms with Crippen LogP contribution in [-0.4, -0.2) is 52.8 Å². The van der Waals surface area contributed by atoms with Crippen molar-refractivity contribution >= 4 is 34.8 Å². The molecular weight excluding hydrogens is 449 g/mol. The zero-order valence-electron chi connectivity index (χ0n) is 17.4. The summed E-state index contributed by atoms with van der Waals surface area (Å²) in [6.07, 6.45) is 13.3. The molecule has 6 heteroatoms. The Morgan fingerprint density at radius 3 is 2.48 bits per heavy atom. The summed E-state index contributed by atoms with van der Waals surface area (Å²) in [6.45, 7) is 3.81. The second-order valence-electron chi connectivity index (χ2n) is 8.24. The van der Waals surface area contributed by atoms with Crippen LogP contribution >= 0.6 is 34.8 Å². The first-order valence-corrected chi connectivity index (χ1v) is 12.0. The van der Waals surface area contributed by atoms with Crippen molar-refractivity contribution in [3.8, 4) is 6.07 Å². The van der Waals surface area contributed by atoms with E-state index in [0.29, 0.717) is 5.56 Å². The molecule has 31 heavy (non-hydrogen) atoms. The summed E-state index contributed by atoms with van der Waals surface area (Å²) in [5, 5.41) is 9.78. The van der Waals surface area contributed by atoms with Crippen LogP contribution in [0, 0.1) is 11.3 Å². The molecule has 2 unspecified atom stereocenters. The van der Waals surface area contributed by atoms with Gasteiger partial charge >= 0.3 is 0 Å². The zero-order chi connectivity index (χ0) is 21.8. The fourth-order valence-corrected chi connectivity index (χ4v) is 5.17. The second kappa shape index (κ2) is 10.3. The van der Waals surface area contributed by atoms with Crippen molar-refractivity contribution in [2.75, 3.05) is 26.2 Å². The number of nitrogens with zero attached hydrogens (tertiary/aromatic N) is 3. The van der Waals surface area contributed by atoms with Gasteiger partial charge in [0.2, 0.25) is 0 Å². The van der Waals surface area contributed by atoms with Gasteiger partial charge in [-0.15, -0.1) is 23.2 Å². The standard InChI is InChI=1S/C25H26Cl3N3/c26-21-7-5-20(6-8-21)25-17-30(12-11-18-1-3-19(16-29)4-2-18)13-14-31(25)24-10-9-22(27)15-23(24)28/h1-7,10,15,21-22,25H,8-9,11-14,17H2/t21?,22?,25-/m0/s1. The summed E-state index contributed by atoms with van der Waals surface area (Å²) >= 11 is 19.2. The number of piperazine rings is 1. The summed E-state index contributed by atoms with van der Waals surface area (Å²) in [4.78, 5) is 4.96. The highest BCUT2D eigenvalue weighted by Crippen LogP contribution is 2.33. The summed E-state index contributed by atoms with van der Waals surface area (Å²) in [5.74, 6) is 0. The molecule has 0 N–H and O–H groups in total. The monoisotopic (exact) mass is 473 g/mol. The molecule has 162 valence electrons. The Kier molecular flexibility index (Phi) is 7.46. The molecule has 1 heterocycles. The van der Waals surface area contributed by atoms with Gasteiger partial charge < -0.3 is 4.90 Å². The van der Waals surface area contributed by atoms with Crippen LogP contribution in [0.1, 0.15) is 24.0 Å². The Morgan fingerprint density at radius 2 is 1.81 bits per heavy atom. The molecule has 3 aliphatic rings. The minimum atomic E-state index is -0.0331. The van der Waals surface area contributed by atoms with E-state index in [1.807, 2.05) is 18.2 Å². The number of nitriles is 1. The van der Waals surface area contributed by atoms with Crippen molar-refractivity contribution in [3.05, 3.63) is 82.1 Å². The average Bonchev–Trinajstić information content (AvgIpc) is 2.79. The van der Waals surface area contributed by atoms with Crippen molar-refractivity contribution < 1.29 is 0 Å². The van der Waals surface area contributed by atoms with Crippen LogP contribution in [0.25, 0.3) is 0 Å². The van der Waals surface area contributed by atoms with Gasteiger partial charge in [-0.05, 0) is 48.6 Å². The van der Waals surface area contributed by atoms with Gasteiger partial charge in [0.15, 0.2) is 0 Å². The molecule has 0 saturated carbocycles. The third kappa shape index (κ3) is 5.57. The molecule has 1 aromatic rings. The lowest BCUT2D eigenvalue weighted by Crippen LogP contribution is -2.53. The average molecular weight is 475 g/mol. The first kappa shape index (κ1) is 22.5. The molecule has 1 fully saturated rings. The third-order valence-electron chi connectivity index (χ3n) is 6.14. The quantitative estimate of drug-likeness (QED) is 0.520. The first-order valence-electron chi connectivity index (χ1n) is 10.8. The minimum absolute atomic E-state index is 0.0331. The van der Waals surface area contributed by atoms with Crippen molar-refractivity contribution in [1.82, 2.24) is 9.80 Å². The fourth-order valence-electron chi connectivity index (χ4n) is 4.40. The summed E-state index contributed by atoms with van der Waals surface area (Å²) in [7, 11) is 0. The molecule has 0 radical (unpaired) electrons. The maximum absolute atomic E-state index is 8.99. The Hall–Kier alpha value is -1.70. The second-order valence-corrected chi connectivity index (χ2v) is 9.77. The van der Waals surface area contributed by atoms with Gasteiger partial charge in [-0.3, -0.25) is 4.90 Å². The Labute approximate surface area is 199 Å². The van der Waals surface area contributed by atoms with Gasteiger partial charge in [0.05, 0.1) is 39.2 Å². The van der Waals surface area contributed by atoms with Gasteiger partial charge in [0.25, 0.3) is 0 Å². The lowest BCUT2D eigenvalue weighted by molar-refractivity contribution is 0.123. The van der Waals surface area contributed by atoms with Crippen LogP contribution in [0.5, 0.6) is 0 Å². The van der Waals surface area contributed by atoms with Crippen LogP contribution in [0.15, 0.2) is 70.9 Å². The van der Waals surface area contributed by atoms with Gasteiger partial charge in [-0.25, -0.2) is 0 Å². The molecule has 3 nitrogen and oxygen atoms in total. The lowest BCUT2D eigenvalue weighted by Gasteiger charge is -2.45. The zero-order valence-corrected chi connectivity index (χ0v) is 19.6. The highest BCUT2D eigenvalue weighted by atomic mass is 35.5. The molecule has 3 atom stereocenters. The number of benzene rings is 1. The fraction of sp³-hybridized carbons (Fsp3) is 0.400. The van der Waals surface area contributed by atoms with E-state index >= 15 is 0 Å². The van der Waals surface area contributed by atoms with Crippen LogP contribution in [0.4, 0.5) is 0 Å². The number of alkyl halides is 2. The molecular formula is C25H26Cl3N3. The van der Waals surface area contributed by atoms with Crippen LogP contribution in [-0.2, 0) is 6.42 Å². The van der Waals surface area contributed by atoms with Gasteiger partial charge in [-0.1, -0.05) is 48.0 Å². The van der Waals surface area contributed by atoms with E-state index in [0.717, 1.165) is 56.2 Å². The van der Waals surface area contributed by atoms with E-state index < -0.39 is 0 Å². The van der Waals surface area contributed by atoms with Crippen molar-refractivity contribution in [2.45, 2.75) is 36.1 Å². The van der Waals surface area contributed by atoms with Crippen LogP contribution in [0.3, 0.4) is 0 Å². The number of hydrogen-bond acceptors (Lipinski definition) is 3. The maximum atomic E-state index is 8.99. The molecule has 4 rings (SSSR count). The topological polar surface area (TPSA) is 30.3 Å². The molecule has 0 amide bonds. The van der Waals surface area contributed by atoms with E-state index in [1.54, 1.807) is 0 Å². The van der Waals surface area contributed by atoms with Gasteiger partial charge in [0, 0.05) is 26.2 Å². The highest BCUT2D eigenvalue weighted by Gasteiger charge is 2.32. The van der Waals surface area contributed by atoms with Crippen LogP contribution < -0.4 is 0 Å². The molecule has 0 bridgehead atoms.